The predicted octanol–water partition coefficient (Wildman–Crippen LogP) is 1.98. The maximum Gasteiger partial charge on any atom is 0.118 e. The van der Waals surface area contributed by atoms with Crippen molar-refractivity contribution in [1.82, 2.24) is 15.1 Å². The monoisotopic (exact) mass is 291 g/mol. The first-order chi connectivity index (χ1) is 10.1. The zero-order chi connectivity index (χ0) is 15.2. The Hall–Kier alpha value is -1.10. The number of benzene rings is 1. The minimum atomic E-state index is 0.403. The molecule has 2 atom stereocenters. The van der Waals surface area contributed by atoms with E-state index in [4.69, 9.17) is 4.74 Å². The summed E-state index contributed by atoms with van der Waals surface area (Å²) in [6, 6.07) is 9.47. The molecule has 118 valence electrons. The number of methoxy groups -OCH3 is 1. The van der Waals surface area contributed by atoms with Crippen LogP contribution in [0.5, 0.6) is 5.75 Å². The molecule has 2 unspecified atom stereocenters. The summed E-state index contributed by atoms with van der Waals surface area (Å²) < 4.78 is 5.25. The van der Waals surface area contributed by atoms with Crippen LogP contribution >= 0.6 is 0 Å². The van der Waals surface area contributed by atoms with Crippen LogP contribution in [0.2, 0.25) is 0 Å². The molecule has 1 fully saturated rings. The van der Waals surface area contributed by atoms with E-state index < -0.39 is 0 Å². The molecule has 1 heterocycles. The lowest BCUT2D eigenvalue weighted by atomic mass is 9.97. The quantitative estimate of drug-likeness (QED) is 0.867. The fourth-order valence-corrected chi connectivity index (χ4v) is 3.05. The average Bonchev–Trinajstić information content (AvgIpc) is 2.50. The number of rotatable bonds is 6. The van der Waals surface area contributed by atoms with Gasteiger partial charge in [0, 0.05) is 31.7 Å². The molecular weight excluding hydrogens is 262 g/mol. The van der Waals surface area contributed by atoms with Gasteiger partial charge in [-0.25, -0.2) is 0 Å². The van der Waals surface area contributed by atoms with Gasteiger partial charge in [0.25, 0.3) is 0 Å². The summed E-state index contributed by atoms with van der Waals surface area (Å²) >= 11 is 0. The molecule has 4 heteroatoms. The molecule has 0 aliphatic carbocycles. The highest BCUT2D eigenvalue weighted by molar-refractivity contribution is 5.29. The third-order valence-corrected chi connectivity index (χ3v) is 4.46. The summed E-state index contributed by atoms with van der Waals surface area (Å²) in [4.78, 5) is 4.93. The van der Waals surface area contributed by atoms with E-state index in [9.17, 15) is 0 Å². The second-order valence-corrected chi connectivity index (χ2v) is 6.02. The van der Waals surface area contributed by atoms with Crippen molar-refractivity contribution in [2.75, 3.05) is 47.4 Å². The second kappa shape index (κ2) is 7.78. The number of hydrogen-bond acceptors (Lipinski definition) is 4. The number of likely N-dealkylation sites (N-methyl/N-ethyl adjacent to an activating group) is 2. The summed E-state index contributed by atoms with van der Waals surface area (Å²) in [5, 5.41) is 3.63. The molecule has 1 aliphatic rings. The van der Waals surface area contributed by atoms with Crippen LogP contribution in [0.25, 0.3) is 0 Å². The van der Waals surface area contributed by atoms with Crippen LogP contribution in [-0.4, -0.2) is 63.2 Å². The van der Waals surface area contributed by atoms with Gasteiger partial charge >= 0.3 is 0 Å². The Labute approximate surface area is 129 Å². The van der Waals surface area contributed by atoms with Crippen LogP contribution < -0.4 is 10.1 Å². The lowest BCUT2D eigenvalue weighted by Crippen LogP contribution is -2.51. The highest BCUT2D eigenvalue weighted by atomic mass is 16.5. The van der Waals surface area contributed by atoms with Gasteiger partial charge in [-0.15, -0.1) is 0 Å². The third kappa shape index (κ3) is 4.43. The first-order valence-electron chi connectivity index (χ1n) is 7.90. The lowest BCUT2D eigenvalue weighted by molar-refractivity contribution is 0.101. The largest absolute Gasteiger partial charge is 0.497 e. The minimum Gasteiger partial charge on any atom is -0.497 e. The van der Waals surface area contributed by atoms with E-state index in [0.29, 0.717) is 12.1 Å². The maximum absolute atomic E-state index is 5.25. The van der Waals surface area contributed by atoms with Crippen molar-refractivity contribution in [2.24, 2.45) is 0 Å². The summed E-state index contributed by atoms with van der Waals surface area (Å²) in [6.45, 7) is 6.63. The Morgan fingerprint density at radius 3 is 2.57 bits per heavy atom. The van der Waals surface area contributed by atoms with E-state index in [1.165, 1.54) is 12.1 Å². The first-order valence-corrected chi connectivity index (χ1v) is 7.90. The highest BCUT2D eigenvalue weighted by Crippen LogP contribution is 2.24. The fraction of sp³-hybridized carbons (Fsp3) is 0.647. The number of piperazine rings is 1. The van der Waals surface area contributed by atoms with Crippen LogP contribution in [0.4, 0.5) is 0 Å². The van der Waals surface area contributed by atoms with Crippen molar-refractivity contribution < 1.29 is 4.74 Å². The number of nitrogens with one attached hydrogen (secondary N) is 1. The summed E-state index contributed by atoms with van der Waals surface area (Å²) in [6.07, 6.45) is 1.14. The van der Waals surface area contributed by atoms with Crippen LogP contribution in [0.3, 0.4) is 0 Å². The zero-order valence-electron chi connectivity index (χ0n) is 13.8. The summed E-state index contributed by atoms with van der Waals surface area (Å²) in [5.41, 5.74) is 1.35. The Morgan fingerprint density at radius 1 is 1.24 bits per heavy atom. The minimum absolute atomic E-state index is 0.403. The van der Waals surface area contributed by atoms with Crippen LogP contribution in [0, 0.1) is 0 Å². The van der Waals surface area contributed by atoms with Gasteiger partial charge in [0.05, 0.1) is 7.11 Å². The Kier molecular flexibility index (Phi) is 6.03. The van der Waals surface area contributed by atoms with Gasteiger partial charge in [-0.3, -0.25) is 0 Å². The van der Waals surface area contributed by atoms with E-state index in [2.05, 4.69) is 60.4 Å². The summed E-state index contributed by atoms with van der Waals surface area (Å²) in [7, 11) is 6.17. The van der Waals surface area contributed by atoms with E-state index in [0.717, 1.165) is 31.8 Å². The molecule has 0 radical (unpaired) electrons. The number of nitrogens with zero attached hydrogens (tertiary/aromatic N) is 2. The molecular formula is C17H29N3O. The average molecular weight is 291 g/mol. The van der Waals surface area contributed by atoms with Gasteiger partial charge in [0.1, 0.15) is 5.75 Å². The fourth-order valence-electron chi connectivity index (χ4n) is 3.05. The highest BCUT2D eigenvalue weighted by Gasteiger charge is 2.25. The standard InChI is InChI=1S/C17H29N3O/c1-5-18-17(14-6-8-16(21-4)9-7-14)12-15-13-19(2)10-11-20(15)3/h6-9,15,17-18H,5,10-13H2,1-4H3. The smallest absolute Gasteiger partial charge is 0.118 e. The Balaban J connectivity index is 2.06. The zero-order valence-corrected chi connectivity index (χ0v) is 13.8. The molecule has 0 saturated carbocycles. The van der Waals surface area contributed by atoms with Crippen molar-refractivity contribution in [3.05, 3.63) is 29.8 Å². The molecule has 0 bridgehead atoms. The summed E-state index contributed by atoms with van der Waals surface area (Å²) in [5.74, 6) is 0.920. The molecule has 0 amide bonds. The predicted molar refractivity (Wildman–Crippen MR) is 87.9 cm³/mol. The lowest BCUT2D eigenvalue weighted by Gasteiger charge is -2.39. The molecule has 0 aromatic heterocycles. The Morgan fingerprint density at radius 2 is 1.95 bits per heavy atom. The van der Waals surface area contributed by atoms with Crippen molar-refractivity contribution in [1.29, 1.82) is 0 Å². The van der Waals surface area contributed by atoms with Gasteiger partial charge in [0.2, 0.25) is 0 Å². The van der Waals surface area contributed by atoms with Crippen LogP contribution in [0.15, 0.2) is 24.3 Å². The van der Waals surface area contributed by atoms with E-state index >= 15 is 0 Å². The maximum atomic E-state index is 5.25. The van der Waals surface area contributed by atoms with E-state index in [1.807, 2.05) is 0 Å². The third-order valence-electron chi connectivity index (χ3n) is 4.46. The molecule has 1 aromatic rings. The topological polar surface area (TPSA) is 27.7 Å². The Bertz CT molecular complexity index is 421. The van der Waals surface area contributed by atoms with Crippen molar-refractivity contribution in [3.8, 4) is 5.75 Å². The second-order valence-electron chi connectivity index (χ2n) is 6.02. The SMILES string of the molecule is CCNC(CC1CN(C)CCN1C)c1ccc(OC)cc1. The van der Waals surface area contributed by atoms with Crippen LogP contribution in [-0.2, 0) is 0 Å². The van der Waals surface area contributed by atoms with Crippen molar-refractivity contribution >= 4 is 0 Å². The number of hydrogen-bond donors (Lipinski definition) is 1. The van der Waals surface area contributed by atoms with Gasteiger partial charge in [-0.2, -0.15) is 0 Å². The normalized spacial score (nSPS) is 22.2. The molecule has 21 heavy (non-hydrogen) atoms. The van der Waals surface area contributed by atoms with Gasteiger partial charge < -0.3 is 19.9 Å². The van der Waals surface area contributed by atoms with Gasteiger partial charge in [-0.1, -0.05) is 19.1 Å². The molecule has 4 nitrogen and oxygen atoms in total. The van der Waals surface area contributed by atoms with Crippen molar-refractivity contribution in [2.45, 2.75) is 25.4 Å². The molecule has 2 rings (SSSR count). The molecule has 1 N–H and O–H groups in total. The van der Waals surface area contributed by atoms with Gasteiger partial charge in [0.15, 0.2) is 0 Å². The van der Waals surface area contributed by atoms with Crippen LogP contribution in [0.1, 0.15) is 24.9 Å². The number of ether oxygens (including phenoxy) is 1. The molecule has 0 spiro atoms. The van der Waals surface area contributed by atoms with Gasteiger partial charge in [-0.05, 0) is 44.8 Å². The molecule has 1 aliphatic heterocycles. The molecule has 1 aromatic carbocycles. The van der Waals surface area contributed by atoms with E-state index in [1.54, 1.807) is 7.11 Å². The first kappa shape index (κ1) is 16.3. The molecule has 1 saturated heterocycles. The van der Waals surface area contributed by atoms with E-state index in [-0.39, 0.29) is 0 Å². The van der Waals surface area contributed by atoms with Crippen molar-refractivity contribution in [3.63, 3.8) is 0 Å².